The maximum absolute atomic E-state index is 5.14. The van der Waals surface area contributed by atoms with Gasteiger partial charge in [0.25, 0.3) is 0 Å². The zero-order valence-corrected chi connectivity index (χ0v) is 18.3. The highest BCUT2D eigenvalue weighted by atomic mass is 14.8. The summed E-state index contributed by atoms with van der Waals surface area (Å²) in [7, 11) is 0. The molecule has 0 aliphatic heterocycles. The molecule has 0 unspecified atom stereocenters. The lowest BCUT2D eigenvalue weighted by atomic mass is 10.0. The van der Waals surface area contributed by atoms with Crippen LogP contribution >= 0.6 is 0 Å². The number of hydrogen-bond acceptors (Lipinski definition) is 3. The van der Waals surface area contributed by atoms with Gasteiger partial charge in [-0.15, -0.1) is 0 Å². The Hall–Kier alpha value is -4.63. The van der Waals surface area contributed by atoms with E-state index in [1.165, 1.54) is 10.8 Å². The van der Waals surface area contributed by atoms with Gasteiger partial charge in [0.2, 0.25) is 0 Å². The van der Waals surface area contributed by atoms with Crippen molar-refractivity contribution in [2.45, 2.75) is 0 Å². The summed E-state index contributed by atoms with van der Waals surface area (Å²) >= 11 is 0. The van der Waals surface area contributed by atoms with Crippen molar-refractivity contribution < 1.29 is 0 Å². The minimum atomic E-state index is 0.904. The average Bonchev–Trinajstić information content (AvgIpc) is 2.92. The van der Waals surface area contributed by atoms with Crippen LogP contribution in [0.4, 0.5) is 0 Å². The van der Waals surface area contributed by atoms with Gasteiger partial charge in [-0.05, 0) is 29.0 Å². The standard InChI is InChI=1S/C31H19N3/c1-2-10-24-20(6-1)7-3-11-25(24)27-17-15-22-13-14-23-16-18-28(34-31(23)30(22)33-27)26-12-4-8-21-9-5-19-32-29(21)26/h1-19H. The number of nitrogens with zero attached hydrogens (tertiary/aromatic N) is 3. The quantitative estimate of drug-likeness (QED) is 0.261. The van der Waals surface area contributed by atoms with E-state index in [2.05, 4.69) is 108 Å². The smallest absolute Gasteiger partial charge is 0.0972 e. The molecular weight excluding hydrogens is 414 g/mol. The summed E-state index contributed by atoms with van der Waals surface area (Å²) in [5, 5.41) is 5.68. The van der Waals surface area contributed by atoms with Crippen LogP contribution in [0.15, 0.2) is 115 Å². The number of fused-ring (bicyclic) bond motifs is 5. The summed E-state index contributed by atoms with van der Waals surface area (Å²) < 4.78 is 0. The normalized spacial score (nSPS) is 11.5. The van der Waals surface area contributed by atoms with Crippen LogP contribution < -0.4 is 0 Å². The SMILES string of the molecule is c1ccc2c(-c3ccc4ccc5ccc(-c6cccc7cccnc67)nc5c4n3)cccc2c1. The molecule has 0 radical (unpaired) electrons. The van der Waals surface area contributed by atoms with Gasteiger partial charge in [-0.1, -0.05) is 91.0 Å². The van der Waals surface area contributed by atoms with E-state index in [9.17, 15) is 0 Å². The molecule has 0 saturated heterocycles. The van der Waals surface area contributed by atoms with Crippen LogP contribution in [0.3, 0.4) is 0 Å². The van der Waals surface area contributed by atoms with E-state index in [1.54, 1.807) is 0 Å². The van der Waals surface area contributed by atoms with Gasteiger partial charge in [0.15, 0.2) is 0 Å². The molecule has 7 aromatic rings. The third-order valence-electron chi connectivity index (χ3n) is 6.49. The first-order valence-electron chi connectivity index (χ1n) is 11.4. The maximum Gasteiger partial charge on any atom is 0.0972 e. The van der Waals surface area contributed by atoms with Crippen LogP contribution in [0, 0.1) is 0 Å². The Morgan fingerprint density at radius 2 is 0.941 bits per heavy atom. The van der Waals surface area contributed by atoms with Crippen molar-refractivity contribution in [3.05, 3.63) is 115 Å². The summed E-state index contributed by atoms with van der Waals surface area (Å²) in [4.78, 5) is 14.9. The van der Waals surface area contributed by atoms with Crippen molar-refractivity contribution in [2.24, 2.45) is 0 Å². The molecule has 0 spiro atoms. The highest BCUT2D eigenvalue weighted by Crippen LogP contribution is 2.32. The molecule has 3 aromatic heterocycles. The Labute approximate surface area is 196 Å². The first-order valence-corrected chi connectivity index (χ1v) is 11.4. The van der Waals surface area contributed by atoms with Crippen molar-refractivity contribution in [3.8, 4) is 22.5 Å². The lowest BCUT2D eigenvalue weighted by molar-refractivity contribution is 1.36. The lowest BCUT2D eigenvalue weighted by Gasteiger charge is -2.10. The molecule has 3 heteroatoms. The molecule has 0 amide bonds. The van der Waals surface area contributed by atoms with Crippen molar-refractivity contribution in [1.82, 2.24) is 15.0 Å². The molecule has 0 aliphatic rings. The Bertz CT molecular complexity index is 1720. The van der Waals surface area contributed by atoms with E-state index >= 15 is 0 Å². The van der Waals surface area contributed by atoms with Gasteiger partial charge in [0, 0.05) is 33.5 Å². The molecule has 4 aromatic carbocycles. The summed E-state index contributed by atoms with van der Waals surface area (Å²) in [6.07, 6.45) is 1.83. The monoisotopic (exact) mass is 433 g/mol. The average molecular weight is 434 g/mol. The topological polar surface area (TPSA) is 38.7 Å². The van der Waals surface area contributed by atoms with Gasteiger partial charge in [0.05, 0.1) is 27.9 Å². The van der Waals surface area contributed by atoms with Crippen molar-refractivity contribution >= 4 is 43.5 Å². The fourth-order valence-corrected chi connectivity index (χ4v) is 4.83. The number of hydrogen-bond donors (Lipinski definition) is 0. The van der Waals surface area contributed by atoms with Gasteiger partial charge < -0.3 is 0 Å². The first kappa shape index (κ1) is 18.9. The van der Waals surface area contributed by atoms with Gasteiger partial charge in [-0.25, -0.2) is 9.97 Å². The van der Waals surface area contributed by atoms with E-state index in [4.69, 9.17) is 9.97 Å². The van der Waals surface area contributed by atoms with E-state index < -0.39 is 0 Å². The van der Waals surface area contributed by atoms with Crippen LogP contribution in [0.25, 0.3) is 66.0 Å². The number of aromatic nitrogens is 3. The van der Waals surface area contributed by atoms with Crippen LogP contribution in [0.2, 0.25) is 0 Å². The highest BCUT2D eigenvalue weighted by Gasteiger charge is 2.12. The third-order valence-corrected chi connectivity index (χ3v) is 6.49. The zero-order chi connectivity index (χ0) is 22.5. The molecule has 34 heavy (non-hydrogen) atoms. The molecule has 0 aliphatic carbocycles. The van der Waals surface area contributed by atoms with E-state index in [0.717, 1.165) is 55.2 Å². The van der Waals surface area contributed by atoms with E-state index in [1.807, 2.05) is 12.3 Å². The van der Waals surface area contributed by atoms with Crippen LogP contribution in [-0.2, 0) is 0 Å². The molecule has 7 rings (SSSR count). The summed E-state index contributed by atoms with van der Waals surface area (Å²) in [6.45, 7) is 0. The molecule has 0 saturated carbocycles. The highest BCUT2D eigenvalue weighted by molar-refractivity contribution is 6.06. The third kappa shape index (κ3) is 2.95. The zero-order valence-electron chi connectivity index (χ0n) is 18.3. The van der Waals surface area contributed by atoms with Gasteiger partial charge in [-0.2, -0.15) is 0 Å². The summed E-state index contributed by atoms with van der Waals surface area (Å²) in [5.41, 5.74) is 6.80. The second-order valence-corrected chi connectivity index (χ2v) is 8.51. The molecular formula is C31H19N3. The molecule has 3 heterocycles. The summed E-state index contributed by atoms with van der Waals surface area (Å²) in [6, 6.07) is 37.8. The van der Waals surface area contributed by atoms with Crippen molar-refractivity contribution in [3.63, 3.8) is 0 Å². The largest absolute Gasteiger partial charge is 0.256 e. The second-order valence-electron chi connectivity index (χ2n) is 8.51. The summed E-state index contributed by atoms with van der Waals surface area (Å²) in [5.74, 6) is 0. The maximum atomic E-state index is 5.14. The Balaban J connectivity index is 1.49. The van der Waals surface area contributed by atoms with E-state index in [0.29, 0.717) is 0 Å². The van der Waals surface area contributed by atoms with Crippen molar-refractivity contribution in [1.29, 1.82) is 0 Å². The number of benzene rings is 4. The molecule has 0 bridgehead atoms. The lowest BCUT2D eigenvalue weighted by Crippen LogP contribution is -1.92. The second kappa shape index (κ2) is 7.46. The molecule has 3 nitrogen and oxygen atoms in total. The first-order chi connectivity index (χ1) is 16.8. The Kier molecular flexibility index (Phi) is 4.15. The van der Waals surface area contributed by atoms with Gasteiger partial charge in [0.1, 0.15) is 0 Å². The van der Waals surface area contributed by atoms with Crippen LogP contribution in [-0.4, -0.2) is 15.0 Å². The minimum Gasteiger partial charge on any atom is -0.256 e. The predicted octanol–water partition coefficient (Wildman–Crippen LogP) is 7.82. The number of rotatable bonds is 2. The van der Waals surface area contributed by atoms with Crippen molar-refractivity contribution in [2.75, 3.05) is 0 Å². The van der Waals surface area contributed by atoms with Gasteiger partial charge in [-0.3, -0.25) is 4.98 Å². The Morgan fingerprint density at radius 3 is 1.74 bits per heavy atom. The Morgan fingerprint density at radius 1 is 0.382 bits per heavy atom. The molecule has 158 valence electrons. The number of para-hydroxylation sites is 1. The van der Waals surface area contributed by atoms with E-state index in [-0.39, 0.29) is 0 Å². The predicted molar refractivity (Wildman–Crippen MR) is 141 cm³/mol. The van der Waals surface area contributed by atoms with Gasteiger partial charge >= 0.3 is 0 Å². The molecule has 0 fully saturated rings. The fourth-order valence-electron chi connectivity index (χ4n) is 4.83. The van der Waals surface area contributed by atoms with Crippen LogP contribution in [0.5, 0.6) is 0 Å². The fraction of sp³-hybridized carbons (Fsp3) is 0. The molecule has 0 atom stereocenters. The van der Waals surface area contributed by atoms with Crippen LogP contribution in [0.1, 0.15) is 0 Å². The molecule has 0 N–H and O–H groups in total. The number of pyridine rings is 3. The minimum absolute atomic E-state index is 0.904.